The Morgan fingerprint density at radius 1 is 1.19 bits per heavy atom. The minimum atomic E-state index is -0.287. The number of ether oxygens (including phenoxy) is 1. The second kappa shape index (κ2) is 9.22. The minimum Gasteiger partial charge on any atom is -0.485 e. The normalized spacial score (nSPS) is 15.2. The van der Waals surface area contributed by atoms with E-state index in [1.54, 1.807) is 0 Å². The lowest BCUT2D eigenvalue weighted by molar-refractivity contribution is 0.302. The van der Waals surface area contributed by atoms with Gasteiger partial charge in [0.05, 0.1) is 6.20 Å². The number of unbranched alkanes of at least 4 members (excludes halogenated alkanes) is 1. The Bertz CT molecular complexity index is 765. The van der Waals surface area contributed by atoms with Crippen LogP contribution in [0.25, 0.3) is 0 Å². The highest BCUT2D eigenvalue weighted by molar-refractivity contribution is 6.31. The van der Waals surface area contributed by atoms with E-state index in [1.165, 1.54) is 48.5 Å². The SMILES string of the molecule is CCCCn1ncc(OCc2ccc(C3CCCCC3)cc2)c(Cl)c1=O. The molecule has 0 saturated heterocycles. The van der Waals surface area contributed by atoms with Gasteiger partial charge in [-0.05, 0) is 36.3 Å². The third-order valence-electron chi connectivity index (χ3n) is 5.13. The van der Waals surface area contributed by atoms with E-state index in [2.05, 4.69) is 36.3 Å². The first kappa shape index (κ1) is 19.0. The Morgan fingerprint density at radius 2 is 1.92 bits per heavy atom. The van der Waals surface area contributed by atoms with Gasteiger partial charge in [0, 0.05) is 6.54 Å². The second-order valence-corrected chi connectivity index (χ2v) is 7.45. The third-order valence-corrected chi connectivity index (χ3v) is 5.47. The van der Waals surface area contributed by atoms with Crippen LogP contribution in [0.5, 0.6) is 5.75 Å². The summed E-state index contributed by atoms with van der Waals surface area (Å²) < 4.78 is 7.14. The fourth-order valence-electron chi connectivity index (χ4n) is 3.50. The van der Waals surface area contributed by atoms with Gasteiger partial charge in [-0.1, -0.05) is 68.5 Å². The molecule has 1 aliphatic carbocycles. The molecule has 0 atom stereocenters. The van der Waals surface area contributed by atoms with Crippen LogP contribution >= 0.6 is 11.6 Å². The van der Waals surface area contributed by atoms with Crippen LogP contribution in [0.15, 0.2) is 35.3 Å². The van der Waals surface area contributed by atoms with Gasteiger partial charge in [0.1, 0.15) is 6.61 Å². The van der Waals surface area contributed by atoms with Crippen molar-refractivity contribution in [1.82, 2.24) is 9.78 Å². The topological polar surface area (TPSA) is 44.1 Å². The smallest absolute Gasteiger partial charge is 0.289 e. The highest BCUT2D eigenvalue weighted by Crippen LogP contribution is 2.32. The lowest BCUT2D eigenvalue weighted by Gasteiger charge is -2.22. The van der Waals surface area contributed by atoms with E-state index in [-0.39, 0.29) is 10.6 Å². The molecule has 140 valence electrons. The van der Waals surface area contributed by atoms with Gasteiger partial charge in [-0.25, -0.2) is 4.68 Å². The predicted molar refractivity (Wildman–Crippen MR) is 105 cm³/mol. The van der Waals surface area contributed by atoms with Gasteiger partial charge in [-0.3, -0.25) is 4.79 Å². The average molecular weight is 375 g/mol. The van der Waals surface area contributed by atoms with Crippen molar-refractivity contribution < 1.29 is 4.74 Å². The second-order valence-electron chi connectivity index (χ2n) is 7.07. The summed E-state index contributed by atoms with van der Waals surface area (Å²) in [7, 11) is 0. The van der Waals surface area contributed by atoms with E-state index < -0.39 is 0 Å². The molecule has 3 rings (SSSR count). The first-order valence-electron chi connectivity index (χ1n) is 9.66. The zero-order chi connectivity index (χ0) is 18.4. The maximum absolute atomic E-state index is 12.2. The van der Waals surface area contributed by atoms with Crippen LogP contribution in [-0.2, 0) is 13.2 Å². The molecular formula is C21H27ClN2O2. The van der Waals surface area contributed by atoms with E-state index >= 15 is 0 Å². The van der Waals surface area contributed by atoms with Gasteiger partial charge in [0.15, 0.2) is 10.8 Å². The fourth-order valence-corrected chi connectivity index (χ4v) is 3.70. The molecule has 0 spiro atoms. The largest absolute Gasteiger partial charge is 0.485 e. The highest BCUT2D eigenvalue weighted by atomic mass is 35.5. The zero-order valence-corrected chi connectivity index (χ0v) is 16.2. The molecule has 0 amide bonds. The molecule has 2 aromatic rings. The summed E-state index contributed by atoms with van der Waals surface area (Å²) in [6, 6.07) is 8.62. The Balaban J connectivity index is 1.61. The van der Waals surface area contributed by atoms with E-state index in [1.807, 2.05) is 0 Å². The van der Waals surface area contributed by atoms with Gasteiger partial charge in [0.25, 0.3) is 5.56 Å². The molecule has 0 aliphatic heterocycles. The highest BCUT2D eigenvalue weighted by Gasteiger charge is 2.15. The molecule has 1 aliphatic rings. The predicted octanol–water partition coefficient (Wildman–Crippen LogP) is 5.32. The maximum atomic E-state index is 12.2. The fraction of sp³-hybridized carbons (Fsp3) is 0.524. The quantitative estimate of drug-likeness (QED) is 0.658. The molecule has 0 N–H and O–H groups in total. The minimum absolute atomic E-state index is 0.106. The molecule has 0 bridgehead atoms. The van der Waals surface area contributed by atoms with Crippen molar-refractivity contribution in [3.05, 3.63) is 57.0 Å². The lowest BCUT2D eigenvalue weighted by Crippen LogP contribution is -2.23. The van der Waals surface area contributed by atoms with E-state index in [4.69, 9.17) is 16.3 Å². The zero-order valence-electron chi connectivity index (χ0n) is 15.4. The van der Waals surface area contributed by atoms with Crippen LogP contribution in [0.4, 0.5) is 0 Å². The number of halogens is 1. The first-order valence-corrected chi connectivity index (χ1v) is 10.0. The Hall–Kier alpha value is -1.81. The summed E-state index contributed by atoms with van der Waals surface area (Å²) in [6.07, 6.45) is 10.1. The monoisotopic (exact) mass is 374 g/mol. The van der Waals surface area contributed by atoms with Gasteiger partial charge in [-0.2, -0.15) is 5.10 Å². The number of rotatable bonds is 7. The Labute approximate surface area is 160 Å². The first-order chi connectivity index (χ1) is 12.7. The molecule has 1 fully saturated rings. The number of hydrogen-bond donors (Lipinski definition) is 0. The number of nitrogens with zero attached hydrogens (tertiary/aromatic N) is 2. The molecule has 1 aromatic carbocycles. The number of hydrogen-bond acceptors (Lipinski definition) is 3. The Morgan fingerprint density at radius 3 is 2.62 bits per heavy atom. The van der Waals surface area contributed by atoms with Crippen molar-refractivity contribution in [3.63, 3.8) is 0 Å². The van der Waals surface area contributed by atoms with Crippen LogP contribution < -0.4 is 10.3 Å². The summed E-state index contributed by atoms with van der Waals surface area (Å²) in [4.78, 5) is 12.2. The molecule has 1 aromatic heterocycles. The van der Waals surface area contributed by atoms with Crippen LogP contribution in [0.3, 0.4) is 0 Å². The molecule has 26 heavy (non-hydrogen) atoms. The van der Waals surface area contributed by atoms with Gasteiger partial charge in [0.2, 0.25) is 0 Å². The summed E-state index contributed by atoms with van der Waals surface area (Å²) in [6.45, 7) is 3.03. The summed E-state index contributed by atoms with van der Waals surface area (Å²) >= 11 is 6.17. The molecule has 0 radical (unpaired) electrons. The van der Waals surface area contributed by atoms with Crippen molar-refractivity contribution in [2.75, 3.05) is 0 Å². The van der Waals surface area contributed by atoms with Gasteiger partial charge < -0.3 is 4.74 Å². The van der Waals surface area contributed by atoms with Gasteiger partial charge >= 0.3 is 0 Å². The van der Waals surface area contributed by atoms with Crippen molar-refractivity contribution in [2.45, 2.75) is 70.9 Å². The molecule has 0 unspecified atom stereocenters. The van der Waals surface area contributed by atoms with Gasteiger partial charge in [-0.15, -0.1) is 0 Å². The Kier molecular flexibility index (Phi) is 6.73. The van der Waals surface area contributed by atoms with Crippen molar-refractivity contribution >= 4 is 11.6 Å². The molecule has 1 heterocycles. The van der Waals surface area contributed by atoms with Crippen LogP contribution in [-0.4, -0.2) is 9.78 Å². The van der Waals surface area contributed by atoms with Crippen LogP contribution in [0.1, 0.15) is 68.9 Å². The van der Waals surface area contributed by atoms with Crippen LogP contribution in [0, 0.1) is 0 Å². The van der Waals surface area contributed by atoms with Crippen molar-refractivity contribution in [2.24, 2.45) is 0 Å². The molecular weight excluding hydrogens is 348 g/mol. The molecule has 1 saturated carbocycles. The molecule has 4 nitrogen and oxygen atoms in total. The maximum Gasteiger partial charge on any atom is 0.289 e. The average Bonchev–Trinajstić information content (AvgIpc) is 2.69. The van der Waals surface area contributed by atoms with Crippen LogP contribution in [0.2, 0.25) is 5.02 Å². The summed E-state index contributed by atoms with van der Waals surface area (Å²) in [5.74, 6) is 1.05. The van der Waals surface area contributed by atoms with Crippen molar-refractivity contribution in [1.29, 1.82) is 0 Å². The van der Waals surface area contributed by atoms with E-state index in [0.717, 1.165) is 18.4 Å². The number of aromatic nitrogens is 2. The number of aryl methyl sites for hydroxylation is 1. The number of benzene rings is 1. The molecule has 5 heteroatoms. The van der Waals surface area contributed by atoms with Crippen molar-refractivity contribution in [3.8, 4) is 5.75 Å². The third kappa shape index (κ3) is 4.67. The lowest BCUT2D eigenvalue weighted by atomic mass is 9.84. The summed E-state index contributed by atoms with van der Waals surface area (Å²) in [5.41, 5.74) is 2.20. The standard InChI is InChI=1S/C21H27ClN2O2/c1-2-3-13-24-21(25)20(22)19(14-23-24)26-15-16-9-11-18(12-10-16)17-7-5-4-6-8-17/h9-12,14,17H,2-8,13,15H2,1H3. The summed E-state index contributed by atoms with van der Waals surface area (Å²) in [5, 5.41) is 4.27. The van der Waals surface area contributed by atoms with E-state index in [9.17, 15) is 4.79 Å². The van der Waals surface area contributed by atoms with E-state index in [0.29, 0.717) is 24.8 Å².